The number of hydrogen-bond donors (Lipinski definition) is 1. The summed E-state index contributed by atoms with van der Waals surface area (Å²) in [5, 5.41) is 0. The van der Waals surface area contributed by atoms with Crippen molar-refractivity contribution in [2.45, 2.75) is 13.0 Å². The lowest BCUT2D eigenvalue weighted by atomic mass is 10.0. The van der Waals surface area contributed by atoms with Gasteiger partial charge in [0.1, 0.15) is 0 Å². The second-order valence-corrected chi connectivity index (χ2v) is 4.00. The molecule has 0 spiro atoms. The molecule has 1 atom stereocenters. The molecule has 5 heteroatoms. The van der Waals surface area contributed by atoms with Crippen molar-refractivity contribution in [1.82, 2.24) is 4.98 Å². The van der Waals surface area contributed by atoms with Gasteiger partial charge in [-0.15, -0.1) is 0 Å². The zero-order chi connectivity index (χ0) is 13.3. The normalized spacial score (nSPS) is 12.5. The highest BCUT2D eigenvalue weighted by Crippen LogP contribution is 2.24. The van der Waals surface area contributed by atoms with E-state index in [0.717, 1.165) is 17.7 Å². The molecule has 1 aromatic heterocycles. The third kappa shape index (κ3) is 2.22. The highest BCUT2D eigenvalue weighted by atomic mass is 19.2. The second-order valence-electron chi connectivity index (χ2n) is 4.00. The molecule has 0 aliphatic carbocycles. The van der Waals surface area contributed by atoms with Gasteiger partial charge in [0.2, 0.25) is 0 Å². The molecule has 94 valence electrons. The second kappa shape index (κ2) is 4.78. The summed E-state index contributed by atoms with van der Waals surface area (Å²) in [5.41, 5.74) is 7.00. The molecule has 2 rings (SSSR count). The van der Waals surface area contributed by atoms with Crippen LogP contribution in [0.5, 0.6) is 0 Å². The Bertz CT molecular complexity index is 584. The van der Waals surface area contributed by atoms with Gasteiger partial charge in [-0.2, -0.15) is 0 Å². The van der Waals surface area contributed by atoms with Crippen molar-refractivity contribution in [3.63, 3.8) is 0 Å². The Balaban J connectivity index is 2.46. The lowest BCUT2D eigenvalue weighted by Crippen LogP contribution is -2.16. The first-order valence-electron chi connectivity index (χ1n) is 5.32. The van der Waals surface area contributed by atoms with Gasteiger partial charge >= 0.3 is 0 Å². The lowest BCUT2D eigenvalue weighted by Gasteiger charge is -2.13. The van der Waals surface area contributed by atoms with Crippen molar-refractivity contribution in [3.05, 3.63) is 64.7 Å². The number of pyridine rings is 1. The lowest BCUT2D eigenvalue weighted by molar-refractivity contribution is 0.438. The molecule has 0 radical (unpaired) electrons. The van der Waals surface area contributed by atoms with E-state index in [2.05, 4.69) is 4.98 Å². The van der Waals surface area contributed by atoms with Crippen LogP contribution in [0.1, 0.15) is 22.9 Å². The molecular formula is C13H11F3N2. The maximum atomic E-state index is 13.6. The van der Waals surface area contributed by atoms with Crippen molar-refractivity contribution < 1.29 is 13.2 Å². The van der Waals surface area contributed by atoms with E-state index in [9.17, 15) is 13.2 Å². The summed E-state index contributed by atoms with van der Waals surface area (Å²) >= 11 is 0. The first kappa shape index (κ1) is 12.6. The highest BCUT2D eigenvalue weighted by Gasteiger charge is 2.20. The zero-order valence-electron chi connectivity index (χ0n) is 9.62. The molecule has 1 heterocycles. The van der Waals surface area contributed by atoms with Gasteiger partial charge in [-0.1, -0.05) is 6.07 Å². The maximum Gasteiger partial charge on any atom is 0.194 e. The summed E-state index contributed by atoms with van der Waals surface area (Å²) in [7, 11) is 0. The molecule has 18 heavy (non-hydrogen) atoms. The first-order chi connectivity index (χ1) is 8.50. The number of hydrogen-bond acceptors (Lipinski definition) is 2. The number of aryl methyl sites for hydroxylation is 1. The van der Waals surface area contributed by atoms with Crippen LogP contribution in [0.25, 0.3) is 0 Å². The number of rotatable bonds is 2. The minimum atomic E-state index is -1.52. The highest BCUT2D eigenvalue weighted by molar-refractivity contribution is 5.31. The maximum absolute atomic E-state index is 13.6. The fraction of sp³-hybridized carbons (Fsp3) is 0.154. The molecule has 2 aromatic rings. The standard InChI is InChI=1S/C13H11F3N2/c1-7-4-5-18-10(6-7)13(17)8-2-3-9(14)12(16)11(8)15/h2-6,13H,17H2,1H3. The third-order valence-corrected chi connectivity index (χ3v) is 2.66. The molecule has 0 bridgehead atoms. The number of halogens is 3. The van der Waals surface area contributed by atoms with Gasteiger partial charge in [0.15, 0.2) is 17.5 Å². The number of nitrogens with two attached hydrogens (primary N) is 1. The molecule has 2 N–H and O–H groups in total. The molecule has 0 amide bonds. The smallest absolute Gasteiger partial charge is 0.194 e. The summed E-state index contributed by atoms with van der Waals surface area (Å²) in [4.78, 5) is 4.00. The molecule has 1 unspecified atom stereocenters. The van der Waals surface area contributed by atoms with E-state index < -0.39 is 23.5 Å². The van der Waals surface area contributed by atoms with E-state index in [1.807, 2.05) is 6.92 Å². The van der Waals surface area contributed by atoms with E-state index in [0.29, 0.717) is 5.69 Å². The fourth-order valence-corrected chi connectivity index (χ4v) is 1.67. The van der Waals surface area contributed by atoms with Gasteiger partial charge in [0.05, 0.1) is 11.7 Å². The summed E-state index contributed by atoms with van der Waals surface area (Å²) < 4.78 is 39.5. The van der Waals surface area contributed by atoms with Crippen LogP contribution >= 0.6 is 0 Å². The predicted octanol–water partition coefficient (Wildman–Crippen LogP) is 2.86. The predicted molar refractivity (Wildman–Crippen MR) is 61.3 cm³/mol. The quantitative estimate of drug-likeness (QED) is 0.835. The number of benzene rings is 1. The van der Waals surface area contributed by atoms with E-state index in [1.54, 1.807) is 12.1 Å². The van der Waals surface area contributed by atoms with Crippen LogP contribution in [0.3, 0.4) is 0 Å². The van der Waals surface area contributed by atoms with Crippen molar-refractivity contribution in [3.8, 4) is 0 Å². The Kier molecular flexibility index (Phi) is 3.34. The van der Waals surface area contributed by atoms with Crippen LogP contribution in [-0.2, 0) is 0 Å². The zero-order valence-corrected chi connectivity index (χ0v) is 9.62. The summed E-state index contributed by atoms with van der Waals surface area (Å²) in [6.07, 6.45) is 1.53. The topological polar surface area (TPSA) is 38.9 Å². The molecule has 2 nitrogen and oxygen atoms in total. The number of nitrogens with zero attached hydrogens (tertiary/aromatic N) is 1. The molecule has 1 aromatic carbocycles. The fourth-order valence-electron chi connectivity index (χ4n) is 1.67. The SMILES string of the molecule is Cc1ccnc(C(N)c2ccc(F)c(F)c2F)c1. The van der Waals surface area contributed by atoms with Gasteiger partial charge in [-0.3, -0.25) is 4.98 Å². The Labute approximate surface area is 102 Å². The van der Waals surface area contributed by atoms with E-state index in [-0.39, 0.29) is 5.56 Å². The Morgan fingerprint density at radius 2 is 1.83 bits per heavy atom. The molecule has 0 aliphatic rings. The van der Waals surface area contributed by atoms with Crippen molar-refractivity contribution in [2.24, 2.45) is 5.73 Å². The van der Waals surface area contributed by atoms with Gasteiger partial charge in [0.25, 0.3) is 0 Å². The Morgan fingerprint density at radius 1 is 1.11 bits per heavy atom. The first-order valence-corrected chi connectivity index (χ1v) is 5.32. The largest absolute Gasteiger partial charge is 0.319 e. The number of aromatic nitrogens is 1. The van der Waals surface area contributed by atoms with Crippen LogP contribution in [0.2, 0.25) is 0 Å². The van der Waals surface area contributed by atoms with Gasteiger partial charge < -0.3 is 5.73 Å². The van der Waals surface area contributed by atoms with Crippen LogP contribution < -0.4 is 5.73 Å². The summed E-state index contributed by atoms with van der Waals surface area (Å²) in [6, 6.07) is 4.48. The minimum Gasteiger partial charge on any atom is -0.319 e. The average molecular weight is 252 g/mol. The molecule has 0 fully saturated rings. The van der Waals surface area contributed by atoms with Crippen LogP contribution in [0.4, 0.5) is 13.2 Å². The van der Waals surface area contributed by atoms with Crippen molar-refractivity contribution in [2.75, 3.05) is 0 Å². The Hall–Kier alpha value is -1.88. The van der Waals surface area contributed by atoms with E-state index >= 15 is 0 Å². The van der Waals surface area contributed by atoms with E-state index in [4.69, 9.17) is 5.73 Å². The van der Waals surface area contributed by atoms with Crippen LogP contribution in [0.15, 0.2) is 30.5 Å². The average Bonchev–Trinajstić information content (AvgIpc) is 2.35. The minimum absolute atomic E-state index is 0.119. The van der Waals surface area contributed by atoms with Gasteiger partial charge in [-0.25, -0.2) is 13.2 Å². The van der Waals surface area contributed by atoms with Gasteiger partial charge in [-0.05, 0) is 30.7 Å². The molecule has 0 saturated heterocycles. The summed E-state index contributed by atoms with van der Waals surface area (Å²) in [5.74, 6) is -4.03. The monoisotopic (exact) mass is 252 g/mol. The molecule has 0 aliphatic heterocycles. The van der Waals surface area contributed by atoms with Crippen LogP contribution in [-0.4, -0.2) is 4.98 Å². The molecular weight excluding hydrogens is 241 g/mol. The van der Waals surface area contributed by atoms with Crippen molar-refractivity contribution in [1.29, 1.82) is 0 Å². The van der Waals surface area contributed by atoms with Crippen LogP contribution in [0, 0.1) is 24.4 Å². The van der Waals surface area contributed by atoms with E-state index in [1.165, 1.54) is 6.20 Å². The summed E-state index contributed by atoms with van der Waals surface area (Å²) in [6.45, 7) is 1.83. The Morgan fingerprint density at radius 3 is 2.50 bits per heavy atom. The molecule has 0 saturated carbocycles. The van der Waals surface area contributed by atoms with Gasteiger partial charge in [0, 0.05) is 11.8 Å². The van der Waals surface area contributed by atoms with Crippen molar-refractivity contribution >= 4 is 0 Å². The third-order valence-electron chi connectivity index (χ3n) is 2.66.